The molecule has 6 heteroatoms. The lowest BCUT2D eigenvalue weighted by molar-refractivity contribution is 0.241. The Balaban J connectivity index is 1.96. The van der Waals surface area contributed by atoms with Gasteiger partial charge in [0.1, 0.15) is 0 Å². The minimum atomic E-state index is -3.35. The third-order valence-electron chi connectivity index (χ3n) is 4.63. The number of piperidine rings is 1. The molecular formula is C15H31N3O2S. The fourth-order valence-corrected chi connectivity index (χ4v) is 4.90. The summed E-state index contributed by atoms with van der Waals surface area (Å²) in [5.74, 6) is 0.747. The summed E-state index contributed by atoms with van der Waals surface area (Å²) in [5.41, 5.74) is 0. The molecule has 1 saturated heterocycles. The van der Waals surface area contributed by atoms with Gasteiger partial charge >= 0.3 is 0 Å². The molecule has 0 bridgehead atoms. The van der Waals surface area contributed by atoms with Crippen molar-refractivity contribution in [1.29, 1.82) is 0 Å². The first-order valence-corrected chi connectivity index (χ1v) is 10.0. The zero-order chi connectivity index (χ0) is 15.3. The Morgan fingerprint density at radius 3 is 2.57 bits per heavy atom. The van der Waals surface area contributed by atoms with Gasteiger partial charge in [0.15, 0.2) is 0 Å². The Kier molecular flexibility index (Phi) is 6.47. The standard InChI is InChI=1S/C15H31N3O2S/c1-3-14(11-13-8-9-13)17-21(19,20)18-10-6-5-7-15(18)12-16-4-2/h13-17H,3-12H2,1-2H3. The molecule has 0 aromatic rings. The molecule has 1 heterocycles. The second kappa shape index (κ2) is 7.90. The number of rotatable bonds is 9. The van der Waals surface area contributed by atoms with E-state index in [9.17, 15) is 8.42 Å². The van der Waals surface area contributed by atoms with Crippen LogP contribution >= 0.6 is 0 Å². The molecule has 124 valence electrons. The van der Waals surface area contributed by atoms with Gasteiger partial charge in [-0.2, -0.15) is 17.4 Å². The summed E-state index contributed by atoms with van der Waals surface area (Å²) in [4.78, 5) is 0. The second-order valence-electron chi connectivity index (χ2n) is 6.48. The zero-order valence-electron chi connectivity index (χ0n) is 13.5. The minimum absolute atomic E-state index is 0.101. The molecular weight excluding hydrogens is 286 g/mol. The average Bonchev–Trinajstić information content (AvgIpc) is 3.28. The van der Waals surface area contributed by atoms with Gasteiger partial charge in [-0.25, -0.2) is 0 Å². The van der Waals surface area contributed by atoms with Gasteiger partial charge in [-0.3, -0.25) is 0 Å². The normalized spacial score (nSPS) is 25.9. The first-order chi connectivity index (χ1) is 10.1. The van der Waals surface area contributed by atoms with Gasteiger partial charge in [0.2, 0.25) is 0 Å². The van der Waals surface area contributed by atoms with Crippen LogP contribution in [0.2, 0.25) is 0 Å². The number of nitrogens with zero attached hydrogens (tertiary/aromatic N) is 1. The van der Waals surface area contributed by atoms with Crippen LogP contribution in [0.5, 0.6) is 0 Å². The van der Waals surface area contributed by atoms with Crippen LogP contribution in [0.25, 0.3) is 0 Å². The molecule has 2 fully saturated rings. The SMILES string of the molecule is CCNCC1CCCCN1S(=O)(=O)NC(CC)CC1CC1. The monoisotopic (exact) mass is 317 g/mol. The first kappa shape index (κ1) is 17.2. The van der Waals surface area contributed by atoms with Gasteiger partial charge in [0.05, 0.1) is 0 Å². The number of hydrogen-bond donors (Lipinski definition) is 2. The lowest BCUT2D eigenvalue weighted by Crippen LogP contribution is -2.54. The van der Waals surface area contributed by atoms with E-state index in [1.54, 1.807) is 4.31 Å². The molecule has 0 spiro atoms. The molecule has 1 aliphatic heterocycles. The molecule has 2 aliphatic rings. The molecule has 1 saturated carbocycles. The fraction of sp³-hybridized carbons (Fsp3) is 1.00. The summed E-state index contributed by atoms with van der Waals surface area (Å²) in [5, 5.41) is 3.30. The van der Waals surface area contributed by atoms with Crippen LogP contribution in [-0.2, 0) is 10.2 Å². The predicted octanol–water partition coefficient (Wildman–Crippen LogP) is 1.86. The highest BCUT2D eigenvalue weighted by Gasteiger charge is 2.34. The van der Waals surface area contributed by atoms with E-state index in [1.807, 2.05) is 0 Å². The summed E-state index contributed by atoms with van der Waals surface area (Å²) in [6.07, 6.45) is 7.48. The molecule has 2 atom stereocenters. The lowest BCUT2D eigenvalue weighted by Gasteiger charge is -2.35. The maximum atomic E-state index is 12.7. The summed E-state index contributed by atoms with van der Waals surface area (Å²) in [7, 11) is -3.35. The molecule has 2 N–H and O–H groups in total. The van der Waals surface area contributed by atoms with E-state index in [0.717, 1.165) is 51.1 Å². The molecule has 2 rings (SSSR count). The third kappa shape index (κ3) is 5.20. The number of nitrogens with one attached hydrogen (secondary N) is 2. The summed E-state index contributed by atoms with van der Waals surface area (Å²) >= 11 is 0. The molecule has 1 aliphatic carbocycles. The topological polar surface area (TPSA) is 61.4 Å². The smallest absolute Gasteiger partial charge is 0.279 e. The number of hydrogen-bond acceptors (Lipinski definition) is 3. The van der Waals surface area contributed by atoms with Crippen LogP contribution in [0.3, 0.4) is 0 Å². The molecule has 21 heavy (non-hydrogen) atoms. The van der Waals surface area contributed by atoms with Crippen LogP contribution in [0, 0.1) is 5.92 Å². The second-order valence-corrected chi connectivity index (χ2v) is 8.13. The van der Waals surface area contributed by atoms with Crippen LogP contribution in [0.15, 0.2) is 0 Å². The molecule has 0 amide bonds. The Bertz CT molecular complexity index is 409. The molecule has 0 radical (unpaired) electrons. The summed E-state index contributed by atoms with van der Waals surface area (Å²) in [6, 6.07) is 0.207. The van der Waals surface area contributed by atoms with E-state index in [1.165, 1.54) is 12.8 Å². The maximum Gasteiger partial charge on any atom is 0.279 e. The van der Waals surface area contributed by atoms with E-state index in [-0.39, 0.29) is 12.1 Å². The van der Waals surface area contributed by atoms with Crippen molar-refractivity contribution in [2.45, 2.75) is 70.9 Å². The van der Waals surface area contributed by atoms with Crippen molar-refractivity contribution < 1.29 is 8.42 Å². The largest absolute Gasteiger partial charge is 0.315 e. The summed E-state index contributed by atoms with van der Waals surface area (Å²) < 4.78 is 30.1. The molecule has 0 aromatic heterocycles. The van der Waals surface area contributed by atoms with Crippen LogP contribution in [0.1, 0.15) is 58.8 Å². The average molecular weight is 317 g/mol. The Morgan fingerprint density at radius 2 is 1.95 bits per heavy atom. The van der Waals surface area contributed by atoms with E-state index < -0.39 is 10.2 Å². The lowest BCUT2D eigenvalue weighted by atomic mass is 10.1. The van der Waals surface area contributed by atoms with Crippen molar-refractivity contribution in [3.05, 3.63) is 0 Å². The molecule has 0 aromatic carbocycles. The highest BCUT2D eigenvalue weighted by atomic mass is 32.2. The van der Waals surface area contributed by atoms with Gasteiger partial charge < -0.3 is 5.32 Å². The van der Waals surface area contributed by atoms with Crippen molar-refractivity contribution in [2.24, 2.45) is 5.92 Å². The van der Waals surface area contributed by atoms with Crippen LogP contribution in [0.4, 0.5) is 0 Å². The van der Waals surface area contributed by atoms with Crippen LogP contribution < -0.4 is 10.0 Å². The minimum Gasteiger partial charge on any atom is -0.315 e. The maximum absolute atomic E-state index is 12.7. The van der Waals surface area contributed by atoms with E-state index in [4.69, 9.17) is 0 Å². The van der Waals surface area contributed by atoms with Gasteiger partial charge in [0.25, 0.3) is 10.2 Å². The summed E-state index contributed by atoms with van der Waals surface area (Å²) in [6.45, 7) is 6.43. The Hall–Kier alpha value is -0.170. The van der Waals surface area contributed by atoms with Crippen molar-refractivity contribution in [2.75, 3.05) is 19.6 Å². The van der Waals surface area contributed by atoms with Gasteiger partial charge in [0, 0.05) is 25.2 Å². The predicted molar refractivity (Wildman–Crippen MR) is 86.4 cm³/mol. The molecule has 2 unspecified atom stereocenters. The highest BCUT2D eigenvalue weighted by Crippen LogP contribution is 2.34. The van der Waals surface area contributed by atoms with Crippen molar-refractivity contribution in [1.82, 2.24) is 14.3 Å². The highest BCUT2D eigenvalue weighted by molar-refractivity contribution is 7.87. The Morgan fingerprint density at radius 1 is 1.19 bits per heavy atom. The van der Waals surface area contributed by atoms with Crippen molar-refractivity contribution in [3.63, 3.8) is 0 Å². The zero-order valence-corrected chi connectivity index (χ0v) is 14.3. The van der Waals surface area contributed by atoms with Gasteiger partial charge in [-0.15, -0.1) is 0 Å². The quantitative estimate of drug-likeness (QED) is 0.682. The van der Waals surface area contributed by atoms with Crippen LogP contribution in [-0.4, -0.2) is 44.4 Å². The first-order valence-electron chi connectivity index (χ1n) is 8.56. The van der Waals surface area contributed by atoms with E-state index >= 15 is 0 Å². The van der Waals surface area contributed by atoms with Crippen molar-refractivity contribution in [3.8, 4) is 0 Å². The van der Waals surface area contributed by atoms with E-state index in [0.29, 0.717) is 6.54 Å². The van der Waals surface area contributed by atoms with Crippen molar-refractivity contribution >= 4 is 10.2 Å². The number of likely N-dealkylation sites (N-methyl/N-ethyl adjacent to an activating group) is 1. The van der Waals surface area contributed by atoms with Gasteiger partial charge in [-0.05, 0) is 38.1 Å². The third-order valence-corrected chi connectivity index (χ3v) is 6.36. The van der Waals surface area contributed by atoms with E-state index in [2.05, 4.69) is 23.9 Å². The van der Waals surface area contributed by atoms with Gasteiger partial charge in [-0.1, -0.05) is 33.1 Å². The molecule has 5 nitrogen and oxygen atoms in total. The fourth-order valence-electron chi connectivity index (χ4n) is 3.14. The Labute approximate surface area is 130 Å².